The Hall–Kier alpha value is -3.08. The number of carbonyl (C=O) groups is 2. The number of ketones is 1. The van der Waals surface area contributed by atoms with Crippen LogP contribution in [0.2, 0.25) is 0 Å². The van der Waals surface area contributed by atoms with Crippen molar-refractivity contribution in [2.45, 2.75) is 0 Å². The van der Waals surface area contributed by atoms with E-state index in [2.05, 4.69) is 0 Å². The van der Waals surface area contributed by atoms with Crippen LogP contribution in [0.1, 0.15) is 26.3 Å². The molecule has 0 saturated heterocycles. The number of carboxylic acids is 1. The van der Waals surface area contributed by atoms with Gasteiger partial charge >= 0.3 is 0 Å². The zero-order valence-electron chi connectivity index (χ0n) is 12.7. The van der Waals surface area contributed by atoms with Crippen LogP contribution in [0, 0.1) is 0 Å². The van der Waals surface area contributed by atoms with Crippen molar-refractivity contribution in [3.05, 3.63) is 65.2 Å². The van der Waals surface area contributed by atoms with Crippen molar-refractivity contribution in [2.75, 3.05) is 14.2 Å². The minimum atomic E-state index is -1.24. The normalized spacial score (nSPS) is 10.5. The minimum Gasteiger partial charge on any atom is -0.545 e. The number of aromatic carboxylic acids is 1. The van der Waals surface area contributed by atoms with Gasteiger partial charge in [0.05, 0.1) is 25.8 Å². The Kier molecular flexibility index (Phi) is 5.15. The van der Waals surface area contributed by atoms with Gasteiger partial charge in [0.15, 0.2) is 5.78 Å². The summed E-state index contributed by atoms with van der Waals surface area (Å²) in [6.45, 7) is 0. The molecule has 0 saturated carbocycles. The largest absolute Gasteiger partial charge is 0.545 e. The Bertz CT molecular complexity index is 745. The molecule has 0 radical (unpaired) electrons. The Labute approximate surface area is 133 Å². The van der Waals surface area contributed by atoms with Crippen molar-refractivity contribution in [1.82, 2.24) is 0 Å². The zero-order valence-corrected chi connectivity index (χ0v) is 12.7. The fourth-order valence-corrected chi connectivity index (χ4v) is 2.00. The Morgan fingerprint density at radius 3 is 2.26 bits per heavy atom. The van der Waals surface area contributed by atoms with Gasteiger partial charge in [0.25, 0.3) is 0 Å². The summed E-state index contributed by atoms with van der Waals surface area (Å²) in [5.74, 6) is -0.476. The number of carboxylic acid groups (broad SMARTS) is 1. The fourth-order valence-electron chi connectivity index (χ4n) is 2.00. The topological polar surface area (TPSA) is 75.7 Å². The zero-order chi connectivity index (χ0) is 16.8. The molecule has 0 bridgehead atoms. The van der Waals surface area contributed by atoms with E-state index in [4.69, 9.17) is 9.47 Å². The van der Waals surface area contributed by atoms with E-state index in [1.165, 1.54) is 32.4 Å². The van der Waals surface area contributed by atoms with E-state index in [0.29, 0.717) is 22.6 Å². The maximum Gasteiger partial charge on any atom is 0.189 e. The number of hydrogen-bond donors (Lipinski definition) is 0. The number of carbonyl (C=O) groups excluding carboxylic acids is 2. The van der Waals surface area contributed by atoms with Gasteiger partial charge in [0, 0.05) is 0 Å². The Morgan fingerprint density at radius 2 is 1.70 bits per heavy atom. The second-order valence-electron chi connectivity index (χ2n) is 4.67. The standard InChI is InChI=1S/C18H16O5/c1-22-14-8-10-17(23-2)15(11-14)16(19)9-5-12-3-6-13(7-4-12)18(20)21/h3-11H,1-2H3,(H,20,21)/p-1/b9-5+. The van der Waals surface area contributed by atoms with Gasteiger partial charge in [-0.3, -0.25) is 4.79 Å². The number of hydrogen-bond acceptors (Lipinski definition) is 5. The average Bonchev–Trinajstić information content (AvgIpc) is 2.59. The summed E-state index contributed by atoms with van der Waals surface area (Å²) in [4.78, 5) is 23.0. The molecule has 118 valence electrons. The first kappa shape index (κ1) is 16.3. The van der Waals surface area contributed by atoms with Gasteiger partial charge in [-0.15, -0.1) is 0 Å². The van der Waals surface area contributed by atoms with Crippen molar-refractivity contribution >= 4 is 17.8 Å². The van der Waals surface area contributed by atoms with Crippen molar-refractivity contribution in [3.8, 4) is 11.5 Å². The highest BCUT2D eigenvalue weighted by atomic mass is 16.5. The van der Waals surface area contributed by atoms with E-state index in [-0.39, 0.29) is 11.3 Å². The van der Waals surface area contributed by atoms with Crippen molar-refractivity contribution in [1.29, 1.82) is 0 Å². The molecule has 0 aromatic heterocycles. The van der Waals surface area contributed by atoms with Gasteiger partial charge in [-0.2, -0.15) is 0 Å². The molecular formula is C18H15O5-. The van der Waals surface area contributed by atoms with Gasteiger partial charge < -0.3 is 19.4 Å². The Balaban J connectivity index is 2.22. The first-order valence-corrected chi connectivity index (χ1v) is 6.81. The predicted octanol–water partition coefficient (Wildman–Crippen LogP) is 1.96. The fraction of sp³-hybridized carbons (Fsp3) is 0.111. The third-order valence-electron chi connectivity index (χ3n) is 3.25. The molecule has 2 aromatic rings. The van der Waals surface area contributed by atoms with E-state index in [1.54, 1.807) is 36.4 Å². The van der Waals surface area contributed by atoms with Crippen LogP contribution >= 0.6 is 0 Å². The molecule has 2 rings (SSSR count). The second kappa shape index (κ2) is 7.26. The molecule has 5 nitrogen and oxygen atoms in total. The molecule has 23 heavy (non-hydrogen) atoms. The van der Waals surface area contributed by atoms with Crippen LogP contribution in [0.4, 0.5) is 0 Å². The molecular weight excluding hydrogens is 296 g/mol. The lowest BCUT2D eigenvalue weighted by Crippen LogP contribution is -2.21. The van der Waals surface area contributed by atoms with E-state index in [1.807, 2.05) is 0 Å². The number of rotatable bonds is 6. The molecule has 2 aromatic carbocycles. The van der Waals surface area contributed by atoms with Crippen LogP contribution in [0.3, 0.4) is 0 Å². The van der Waals surface area contributed by atoms with Crippen LogP contribution in [-0.4, -0.2) is 26.0 Å². The molecule has 0 atom stereocenters. The lowest BCUT2D eigenvalue weighted by molar-refractivity contribution is -0.255. The van der Waals surface area contributed by atoms with Crippen molar-refractivity contribution in [3.63, 3.8) is 0 Å². The number of benzene rings is 2. The molecule has 0 heterocycles. The first-order chi connectivity index (χ1) is 11.0. The quantitative estimate of drug-likeness (QED) is 0.602. The third-order valence-corrected chi connectivity index (χ3v) is 3.25. The summed E-state index contributed by atoms with van der Waals surface area (Å²) in [6, 6.07) is 11.0. The van der Waals surface area contributed by atoms with E-state index in [0.717, 1.165) is 0 Å². The predicted molar refractivity (Wildman–Crippen MR) is 83.7 cm³/mol. The van der Waals surface area contributed by atoms with Crippen molar-refractivity contribution < 1.29 is 24.2 Å². The van der Waals surface area contributed by atoms with E-state index >= 15 is 0 Å². The molecule has 0 aliphatic carbocycles. The van der Waals surface area contributed by atoms with E-state index in [9.17, 15) is 14.7 Å². The monoisotopic (exact) mass is 311 g/mol. The molecule has 0 N–H and O–H groups in total. The average molecular weight is 311 g/mol. The van der Waals surface area contributed by atoms with Crippen LogP contribution in [0.15, 0.2) is 48.5 Å². The molecule has 0 spiro atoms. The summed E-state index contributed by atoms with van der Waals surface area (Å²) in [5.41, 5.74) is 1.17. The highest BCUT2D eigenvalue weighted by Crippen LogP contribution is 2.24. The van der Waals surface area contributed by atoms with Gasteiger partial charge in [-0.05, 0) is 35.4 Å². The molecule has 0 aliphatic rings. The number of ether oxygens (including phenoxy) is 2. The SMILES string of the molecule is COc1ccc(OC)c(C(=O)/C=C/c2ccc(C(=O)[O-])cc2)c1. The maximum atomic E-state index is 12.3. The lowest BCUT2D eigenvalue weighted by Gasteiger charge is -2.08. The molecule has 5 heteroatoms. The number of methoxy groups -OCH3 is 2. The molecule has 0 aliphatic heterocycles. The first-order valence-electron chi connectivity index (χ1n) is 6.81. The van der Waals surface area contributed by atoms with Crippen LogP contribution in [0.25, 0.3) is 6.08 Å². The van der Waals surface area contributed by atoms with Gasteiger partial charge in [0.1, 0.15) is 11.5 Å². The second-order valence-corrected chi connectivity index (χ2v) is 4.67. The lowest BCUT2D eigenvalue weighted by atomic mass is 10.1. The smallest absolute Gasteiger partial charge is 0.189 e. The van der Waals surface area contributed by atoms with Crippen LogP contribution in [0.5, 0.6) is 11.5 Å². The molecule has 0 amide bonds. The molecule has 0 unspecified atom stereocenters. The molecule has 0 fully saturated rings. The summed E-state index contributed by atoms with van der Waals surface area (Å²) in [5, 5.41) is 10.7. The highest BCUT2D eigenvalue weighted by molar-refractivity contribution is 6.08. The summed E-state index contributed by atoms with van der Waals surface area (Å²) < 4.78 is 10.3. The summed E-state index contributed by atoms with van der Waals surface area (Å²) >= 11 is 0. The Morgan fingerprint density at radius 1 is 1.00 bits per heavy atom. The van der Waals surface area contributed by atoms with Crippen molar-refractivity contribution in [2.24, 2.45) is 0 Å². The van der Waals surface area contributed by atoms with Crippen LogP contribution in [-0.2, 0) is 0 Å². The highest BCUT2D eigenvalue weighted by Gasteiger charge is 2.11. The third kappa shape index (κ3) is 3.97. The summed E-state index contributed by atoms with van der Waals surface area (Å²) in [7, 11) is 3.01. The summed E-state index contributed by atoms with van der Waals surface area (Å²) in [6.07, 6.45) is 2.99. The van der Waals surface area contributed by atoms with Gasteiger partial charge in [-0.25, -0.2) is 0 Å². The van der Waals surface area contributed by atoms with Gasteiger partial charge in [0.2, 0.25) is 0 Å². The van der Waals surface area contributed by atoms with Crippen LogP contribution < -0.4 is 14.6 Å². The minimum absolute atomic E-state index is 0.0861. The number of allylic oxidation sites excluding steroid dienone is 1. The van der Waals surface area contributed by atoms with Gasteiger partial charge in [-0.1, -0.05) is 30.3 Å². The maximum absolute atomic E-state index is 12.3. The van der Waals surface area contributed by atoms with E-state index < -0.39 is 5.97 Å².